The first-order valence-corrected chi connectivity index (χ1v) is 8.55. The second-order valence-electron chi connectivity index (χ2n) is 5.26. The summed E-state index contributed by atoms with van der Waals surface area (Å²) in [6.07, 6.45) is 2.45. The van der Waals surface area contributed by atoms with Crippen molar-refractivity contribution in [3.05, 3.63) is 71.2 Å². The second kappa shape index (κ2) is 7.75. The third-order valence-corrected chi connectivity index (χ3v) is 4.55. The van der Waals surface area contributed by atoms with Crippen LogP contribution >= 0.6 is 11.3 Å². The predicted octanol–water partition coefficient (Wildman–Crippen LogP) is 3.79. The van der Waals surface area contributed by atoms with Gasteiger partial charge in [-0.15, -0.1) is 11.3 Å². The maximum absolute atomic E-state index is 12.3. The zero-order valence-electron chi connectivity index (χ0n) is 13.4. The number of rotatable bonds is 6. The van der Waals surface area contributed by atoms with Crippen LogP contribution in [0, 0.1) is 0 Å². The number of carbonyl (C=O) groups excluding carboxylic acids is 1. The summed E-state index contributed by atoms with van der Waals surface area (Å²) < 4.78 is 5.14. The fourth-order valence-electron chi connectivity index (χ4n) is 2.35. The molecule has 4 nitrogen and oxygen atoms in total. The number of ether oxygens (including phenoxy) is 1. The molecule has 2 heterocycles. The minimum absolute atomic E-state index is 0.0799. The highest BCUT2D eigenvalue weighted by Gasteiger charge is 2.08. The molecule has 0 aliphatic rings. The van der Waals surface area contributed by atoms with Crippen LogP contribution in [0.15, 0.2) is 60.1 Å². The smallest absolute Gasteiger partial charge is 0.251 e. The van der Waals surface area contributed by atoms with Crippen LogP contribution in [0.4, 0.5) is 0 Å². The van der Waals surface area contributed by atoms with Gasteiger partial charge in [0, 0.05) is 18.3 Å². The minimum Gasteiger partial charge on any atom is -0.497 e. The summed E-state index contributed by atoms with van der Waals surface area (Å²) in [6, 6.07) is 15.4. The van der Waals surface area contributed by atoms with Gasteiger partial charge in [0.25, 0.3) is 5.91 Å². The van der Waals surface area contributed by atoms with Crippen molar-refractivity contribution in [3.63, 3.8) is 0 Å². The molecule has 5 heteroatoms. The topological polar surface area (TPSA) is 51.2 Å². The number of benzene rings is 1. The third kappa shape index (κ3) is 4.00. The third-order valence-electron chi connectivity index (χ3n) is 3.65. The summed E-state index contributed by atoms with van der Waals surface area (Å²) in [5, 5.41) is 4.95. The van der Waals surface area contributed by atoms with Crippen molar-refractivity contribution in [1.82, 2.24) is 10.3 Å². The standard InChI is InChI=1S/C19H18N2O2S/c1-23-16-6-4-14(5-7-16)8-10-21-19(22)15-9-11-20-17(13-15)18-3-2-12-24-18/h2-7,9,11-13H,8,10H2,1H3,(H,21,22). The molecule has 0 spiro atoms. The van der Waals surface area contributed by atoms with E-state index in [0.29, 0.717) is 12.1 Å². The Bertz CT molecular complexity index is 798. The normalized spacial score (nSPS) is 10.4. The Morgan fingerprint density at radius 3 is 2.75 bits per heavy atom. The molecule has 0 unspecified atom stereocenters. The average molecular weight is 338 g/mol. The number of hydrogen-bond acceptors (Lipinski definition) is 4. The van der Waals surface area contributed by atoms with Crippen LogP contribution in [0.5, 0.6) is 5.75 Å². The van der Waals surface area contributed by atoms with Gasteiger partial charge in [-0.2, -0.15) is 0 Å². The quantitative estimate of drug-likeness (QED) is 0.744. The zero-order valence-corrected chi connectivity index (χ0v) is 14.2. The second-order valence-corrected chi connectivity index (χ2v) is 6.21. The van der Waals surface area contributed by atoms with E-state index in [4.69, 9.17) is 4.74 Å². The number of aromatic nitrogens is 1. The van der Waals surface area contributed by atoms with Crippen molar-refractivity contribution in [3.8, 4) is 16.3 Å². The number of pyridine rings is 1. The van der Waals surface area contributed by atoms with Crippen LogP contribution in [0.3, 0.4) is 0 Å². The van der Waals surface area contributed by atoms with E-state index in [2.05, 4.69) is 10.3 Å². The molecule has 1 N–H and O–H groups in total. The molecular weight excluding hydrogens is 320 g/mol. The molecule has 0 bridgehead atoms. The molecule has 0 saturated carbocycles. The zero-order chi connectivity index (χ0) is 16.8. The highest BCUT2D eigenvalue weighted by molar-refractivity contribution is 7.13. The van der Waals surface area contributed by atoms with E-state index in [9.17, 15) is 4.79 Å². The Hall–Kier alpha value is -2.66. The van der Waals surface area contributed by atoms with Crippen molar-refractivity contribution in [2.45, 2.75) is 6.42 Å². The van der Waals surface area contributed by atoms with E-state index < -0.39 is 0 Å². The van der Waals surface area contributed by atoms with Gasteiger partial charge in [-0.1, -0.05) is 18.2 Å². The largest absolute Gasteiger partial charge is 0.497 e. The number of hydrogen-bond donors (Lipinski definition) is 1. The van der Waals surface area contributed by atoms with Gasteiger partial charge in [-0.05, 0) is 47.7 Å². The van der Waals surface area contributed by atoms with Crippen molar-refractivity contribution >= 4 is 17.2 Å². The summed E-state index contributed by atoms with van der Waals surface area (Å²) >= 11 is 1.61. The van der Waals surface area contributed by atoms with E-state index in [0.717, 1.165) is 28.3 Å². The van der Waals surface area contributed by atoms with E-state index in [1.165, 1.54) is 0 Å². The Balaban J connectivity index is 1.58. The molecule has 0 atom stereocenters. The summed E-state index contributed by atoms with van der Waals surface area (Å²) in [5.41, 5.74) is 2.61. The lowest BCUT2D eigenvalue weighted by Gasteiger charge is -2.07. The number of carbonyl (C=O) groups is 1. The summed E-state index contributed by atoms with van der Waals surface area (Å²) in [6.45, 7) is 0.585. The Morgan fingerprint density at radius 2 is 2.04 bits per heavy atom. The van der Waals surface area contributed by atoms with Gasteiger partial charge in [0.1, 0.15) is 5.75 Å². The van der Waals surface area contributed by atoms with Crippen LogP contribution in [-0.2, 0) is 6.42 Å². The van der Waals surface area contributed by atoms with Gasteiger partial charge in [-0.3, -0.25) is 9.78 Å². The number of thiophene rings is 1. The Morgan fingerprint density at radius 1 is 1.21 bits per heavy atom. The monoisotopic (exact) mass is 338 g/mol. The first-order chi connectivity index (χ1) is 11.8. The maximum Gasteiger partial charge on any atom is 0.251 e. The maximum atomic E-state index is 12.3. The molecule has 3 aromatic rings. The Labute approximate surface area is 145 Å². The van der Waals surface area contributed by atoms with Crippen LogP contribution in [0.1, 0.15) is 15.9 Å². The predicted molar refractivity (Wildman–Crippen MR) is 96.6 cm³/mol. The van der Waals surface area contributed by atoms with Gasteiger partial charge in [-0.25, -0.2) is 0 Å². The van der Waals surface area contributed by atoms with Crippen LogP contribution in [-0.4, -0.2) is 24.5 Å². The van der Waals surface area contributed by atoms with Crippen molar-refractivity contribution in [2.75, 3.05) is 13.7 Å². The molecule has 24 heavy (non-hydrogen) atoms. The lowest BCUT2D eigenvalue weighted by molar-refractivity contribution is 0.0954. The van der Waals surface area contributed by atoms with Crippen molar-refractivity contribution in [2.24, 2.45) is 0 Å². The molecule has 3 rings (SSSR count). The highest BCUT2D eigenvalue weighted by Crippen LogP contribution is 2.23. The number of methoxy groups -OCH3 is 1. The van der Waals surface area contributed by atoms with Gasteiger partial charge in [0.2, 0.25) is 0 Å². The molecule has 0 fully saturated rings. The molecule has 1 amide bonds. The lowest BCUT2D eigenvalue weighted by Crippen LogP contribution is -2.25. The summed E-state index contributed by atoms with van der Waals surface area (Å²) in [5.74, 6) is 0.754. The van der Waals surface area contributed by atoms with E-state index in [-0.39, 0.29) is 5.91 Å². The van der Waals surface area contributed by atoms with Crippen LogP contribution in [0.25, 0.3) is 10.6 Å². The van der Waals surface area contributed by atoms with E-state index in [1.807, 2.05) is 47.8 Å². The highest BCUT2D eigenvalue weighted by atomic mass is 32.1. The van der Waals surface area contributed by atoms with E-state index >= 15 is 0 Å². The van der Waals surface area contributed by atoms with Gasteiger partial charge >= 0.3 is 0 Å². The molecule has 0 radical (unpaired) electrons. The summed E-state index contributed by atoms with van der Waals surface area (Å²) in [4.78, 5) is 17.7. The molecule has 0 aliphatic carbocycles. The van der Waals surface area contributed by atoms with Crippen molar-refractivity contribution < 1.29 is 9.53 Å². The first kappa shape index (κ1) is 16.2. The molecule has 2 aromatic heterocycles. The van der Waals surface area contributed by atoms with Gasteiger partial charge < -0.3 is 10.1 Å². The van der Waals surface area contributed by atoms with Crippen LogP contribution in [0.2, 0.25) is 0 Å². The van der Waals surface area contributed by atoms with Gasteiger partial charge in [0.05, 0.1) is 17.7 Å². The number of nitrogens with zero attached hydrogens (tertiary/aromatic N) is 1. The van der Waals surface area contributed by atoms with Crippen LogP contribution < -0.4 is 10.1 Å². The molecular formula is C19H18N2O2S. The molecule has 122 valence electrons. The van der Waals surface area contributed by atoms with Crippen molar-refractivity contribution in [1.29, 1.82) is 0 Å². The fraction of sp³-hybridized carbons (Fsp3) is 0.158. The van der Waals surface area contributed by atoms with E-state index in [1.54, 1.807) is 30.7 Å². The summed E-state index contributed by atoms with van der Waals surface area (Å²) in [7, 11) is 1.65. The fourth-order valence-corrected chi connectivity index (χ4v) is 3.04. The average Bonchev–Trinajstić information content (AvgIpc) is 3.17. The number of nitrogens with one attached hydrogen (secondary N) is 1. The van der Waals surface area contributed by atoms with Gasteiger partial charge in [0.15, 0.2) is 0 Å². The number of amides is 1. The lowest BCUT2D eigenvalue weighted by atomic mass is 10.1. The molecule has 1 aromatic carbocycles. The first-order valence-electron chi connectivity index (χ1n) is 7.67. The molecule has 0 saturated heterocycles. The SMILES string of the molecule is COc1ccc(CCNC(=O)c2ccnc(-c3cccs3)c2)cc1. The Kier molecular flexibility index (Phi) is 5.23. The minimum atomic E-state index is -0.0799. The molecule has 0 aliphatic heterocycles.